The number of fused-ring (bicyclic) bond motifs is 1. The van der Waals surface area contributed by atoms with Crippen molar-refractivity contribution in [1.29, 1.82) is 0 Å². The molecule has 0 bridgehead atoms. The Morgan fingerprint density at radius 3 is 2.50 bits per heavy atom. The molecule has 0 aliphatic carbocycles. The van der Waals surface area contributed by atoms with Crippen LogP contribution in [0, 0.1) is 6.92 Å². The number of unbranched alkanes of at least 4 members (excludes halogenated alkanes) is 1. The van der Waals surface area contributed by atoms with Crippen molar-refractivity contribution in [3.05, 3.63) is 34.5 Å². The monoisotopic (exact) mass is 331 g/mol. The maximum absolute atomic E-state index is 11.9. The summed E-state index contributed by atoms with van der Waals surface area (Å²) >= 11 is 0. The normalized spacial score (nSPS) is 11.6. The first-order chi connectivity index (χ1) is 11.4. The predicted octanol–water partition coefficient (Wildman–Crippen LogP) is 4.50. The number of hydrogen-bond acceptors (Lipinski definition) is 2. The molecule has 4 nitrogen and oxygen atoms in total. The summed E-state index contributed by atoms with van der Waals surface area (Å²) in [5, 5.41) is 20.0. The van der Waals surface area contributed by atoms with Gasteiger partial charge in [-0.2, -0.15) is 0 Å². The van der Waals surface area contributed by atoms with E-state index in [0.29, 0.717) is 18.5 Å². The molecule has 2 rings (SSSR count). The minimum Gasteiger partial charge on any atom is -0.478 e. The standard InChI is InChI=1S/C20H29NO3/c1-5-6-8-16-14(4)21(9-7-10-22)19-17(16)11-15(13(2)3)12-18(19)20(23)24/h11-13,22H,5-10H2,1-4H3,(H,23,24). The minimum absolute atomic E-state index is 0.107. The van der Waals surface area contributed by atoms with E-state index in [1.54, 1.807) is 0 Å². The molecule has 0 amide bonds. The lowest BCUT2D eigenvalue weighted by Crippen LogP contribution is -2.07. The molecule has 0 fully saturated rings. The van der Waals surface area contributed by atoms with Crippen LogP contribution in [-0.4, -0.2) is 27.4 Å². The largest absolute Gasteiger partial charge is 0.478 e. The summed E-state index contributed by atoms with van der Waals surface area (Å²) in [7, 11) is 0. The number of hydrogen-bond donors (Lipinski definition) is 2. The number of carboxylic acids is 1. The van der Waals surface area contributed by atoms with Crippen LogP contribution in [0.15, 0.2) is 12.1 Å². The van der Waals surface area contributed by atoms with Crippen LogP contribution >= 0.6 is 0 Å². The Bertz CT molecular complexity index is 728. The van der Waals surface area contributed by atoms with Gasteiger partial charge in [-0.3, -0.25) is 0 Å². The molecule has 2 N–H and O–H groups in total. The second kappa shape index (κ2) is 7.84. The molecule has 0 aliphatic rings. The summed E-state index contributed by atoms with van der Waals surface area (Å²) in [4.78, 5) is 11.9. The number of aromatic nitrogens is 1. The SMILES string of the molecule is CCCCc1c(C)n(CCCO)c2c(C(=O)O)cc(C(C)C)cc12. The Labute approximate surface area is 144 Å². The van der Waals surface area contributed by atoms with Gasteiger partial charge in [-0.25, -0.2) is 4.79 Å². The average Bonchev–Trinajstić information content (AvgIpc) is 2.81. The fourth-order valence-corrected chi connectivity index (χ4v) is 3.38. The molecule has 1 aromatic carbocycles. The van der Waals surface area contributed by atoms with Gasteiger partial charge in [0, 0.05) is 24.2 Å². The third kappa shape index (κ3) is 3.48. The van der Waals surface area contributed by atoms with Crippen LogP contribution in [0.5, 0.6) is 0 Å². The molecule has 1 aromatic heterocycles. The molecule has 2 aromatic rings. The van der Waals surface area contributed by atoms with Crippen molar-refractivity contribution in [2.75, 3.05) is 6.61 Å². The molecule has 4 heteroatoms. The van der Waals surface area contributed by atoms with Gasteiger partial charge in [-0.05, 0) is 55.4 Å². The zero-order chi connectivity index (χ0) is 17.9. The van der Waals surface area contributed by atoms with Crippen LogP contribution in [0.2, 0.25) is 0 Å². The molecule has 0 radical (unpaired) electrons. The summed E-state index contributed by atoms with van der Waals surface area (Å²) in [5.41, 5.74) is 4.64. The van der Waals surface area contributed by atoms with E-state index >= 15 is 0 Å². The van der Waals surface area contributed by atoms with E-state index < -0.39 is 5.97 Å². The fraction of sp³-hybridized carbons (Fsp3) is 0.550. The van der Waals surface area contributed by atoms with Gasteiger partial charge in [0.1, 0.15) is 0 Å². The summed E-state index contributed by atoms with van der Waals surface area (Å²) in [6.07, 6.45) is 3.79. The molecule has 132 valence electrons. The third-order valence-corrected chi connectivity index (χ3v) is 4.79. The number of nitrogens with zero attached hydrogens (tertiary/aromatic N) is 1. The molecule has 0 spiro atoms. The Kier molecular flexibility index (Phi) is 6.05. The minimum atomic E-state index is -0.882. The van der Waals surface area contributed by atoms with Crippen molar-refractivity contribution < 1.29 is 15.0 Å². The predicted molar refractivity (Wildman–Crippen MR) is 98.0 cm³/mol. The van der Waals surface area contributed by atoms with Gasteiger partial charge in [0.2, 0.25) is 0 Å². The average molecular weight is 331 g/mol. The van der Waals surface area contributed by atoms with E-state index in [9.17, 15) is 15.0 Å². The summed E-state index contributed by atoms with van der Waals surface area (Å²) in [6.45, 7) is 9.18. The van der Waals surface area contributed by atoms with Gasteiger partial charge in [0.05, 0.1) is 11.1 Å². The highest BCUT2D eigenvalue weighted by atomic mass is 16.4. The summed E-state index contributed by atoms with van der Waals surface area (Å²) in [6, 6.07) is 3.98. The quantitative estimate of drug-likeness (QED) is 0.749. The van der Waals surface area contributed by atoms with Gasteiger partial charge < -0.3 is 14.8 Å². The number of aryl methyl sites for hydroxylation is 2. The molecular formula is C20H29NO3. The third-order valence-electron chi connectivity index (χ3n) is 4.79. The highest BCUT2D eigenvalue weighted by Crippen LogP contribution is 2.33. The Hall–Kier alpha value is -1.81. The first-order valence-corrected chi connectivity index (χ1v) is 8.92. The van der Waals surface area contributed by atoms with Gasteiger partial charge in [-0.1, -0.05) is 27.2 Å². The van der Waals surface area contributed by atoms with Gasteiger partial charge >= 0.3 is 5.97 Å². The molecule has 24 heavy (non-hydrogen) atoms. The van der Waals surface area contributed by atoms with E-state index in [2.05, 4.69) is 38.3 Å². The lowest BCUT2D eigenvalue weighted by atomic mass is 9.95. The number of benzene rings is 1. The van der Waals surface area contributed by atoms with Crippen LogP contribution < -0.4 is 0 Å². The smallest absolute Gasteiger partial charge is 0.337 e. The number of carbonyl (C=O) groups is 1. The van der Waals surface area contributed by atoms with Crippen molar-refractivity contribution >= 4 is 16.9 Å². The number of aliphatic hydroxyl groups excluding tert-OH is 1. The Balaban J connectivity index is 2.79. The second-order valence-corrected chi connectivity index (χ2v) is 6.82. The van der Waals surface area contributed by atoms with E-state index in [-0.39, 0.29) is 12.5 Å². The molecular weight excluding hydrogens is 302 g/mol. The van der Waals surface area contributed by atoms with Crippen molar-refractivity contribution in [2.45, 2.75) is 65.8 Å². The topological polar surface area (TPSA) is 62.5 Å². The first kappa shape index (κ1) is 18.5. The summed E-state index contributed by atoms with van der Waals surface area (Å²) in [5.74, 6) is -0.597. The van der Waals surface area contributed by atoms with Crippen molar-refractivity contribution in [1.82, 2.24) is 4.57 Å². The zero-order valence-corrected chi connectivity index (χ0v) is 15.2. The van der Waals surface area contributed by atoms with Gasteiger partial charge in [0.15, 0.2) is 0 Å². The molecule has 0 unspecified atom stereocenters. The fourth-order valence-electron chi connectivity index (χ4n) is 3.38. The Morgan fingerprint density at radius 2 is 1.96 bits per heavy atom. The van der Waals surface area contributed by atoms with Crippen molar-refractivity contribution in [3.8, 4) is 0 Å². The van der Waals surface area contributed by atoms with E-state index in [0.717, 1.165) is 41.4 Å². The van der Waals surface area contributed by atoms with E-state index in [1.165, 1.54) is 5.56 Å². The number of aromatic carboxylic acids is 1. The zero-order valence-electron chi connectivity index (χ0n) is 15.2. The molecule has 0 aliphatic heterocycles. The first-order valence-electron chi connectivity index (χ1n) is 8.92. The maximum Gasteiger partial charge on any atom is 0.337 e. The molecule has 0 saturated heterocycles. The number of aliphatic hydroxyl groups is 1. The van der Waals surface area contributed by atoms with Gasteiger partial charge in [-0.15, -0.1) is 0 Å². The highest BCUT2D eigenvalue weighted by Gasteiger charge is 2.21. The molecule has 0 saturated carbocycles. The lowest BCUT2D eigenvalue weighted by molar-refractivity contribution is 0.0698. The van der Waals surface area contributed by atoms with Gasteiger partial charge in [0.25, 0.3) is 0 Å². The van der Waals surface area contributed by atoms with Crippen molar-refractivity contribution in [3.63, 3.8) is 0 Å². The number of rotatable bonds is 8. The van der Waals surface area contributed by atoms with E-state index in [1.807, 2.05) is 6.07 Å². The van der Waals surface area contributed by atoms with Crippen molar-refractivity contribution in [2.24, 2.45) is 0 Å². The maximum atomic E-state index is 11.9. The Morgan fingerprint density at radius 1 is 1.25 bits per heavy atom. The van der Waals surface area contributed by atoms with Crippen LogP contribution in [0.3, 0.4) is 0 Å². The summed E-state index contributed by atoms with van der Waals surface area (Å²) < 4.78 is 2.09. The highest BCUT2D eigenvalue weighted by molar-refractivity contribution is 6.04. The van der Waals surface area contributed by atoms with Crippen LogP contribution in [0.25, 0.3) is 10.9 Å². The molecule has 0 atom stereocenters. The second-order valence-electron chi connectivity index (χ2n) is 6.82. The van der Waals surface area contributed by atoms with Crippen LogP contribution in [0.4, 0.5) is 0 Å². The van der Waals surface area contributed by atoms with Crippen LogP contribution in [0.1, 0.15) is 73.1 Å². The number of carboxylic acid groups (broad SMARTS) is 1. The van der Waals surface area contributed by atoms with E-state index in [4.69, 9.17) is 0 Å². The van der Waals surface area contributed by atoms with Crippen LogP contribution in [-0.2, 0) is 13.0 Å². The molecule has 1 heterocycles. The lowest BCUT2D eigenvalue weighted by Gasteiger charge is -2.12.